The summed E-state index contributed by atoms with van der Waals surface area (Å²) in [6.45, 7) is 0. The summed E-state index contributed by atoms with van der Waals surface area (Å²) in [6.07, 6.45) is -1.09. The average Bonchev–Trinajstić information content (AvgIpc) is 2.87. The van der Waals surface area contributed by atoms with E-state index in [1.54, 1.807) is 24.3 Å². The number of amides is 2. The highest BCUT2D eigenvalue weighted by atomic mass is 19.4. The van der Waals surface area contributed by atoms with Gasteiger partial charge in [0, 0.05) is 49.2 Å². The van der Waals surface area contributed by atoms with Crippen LogP contribution in [0.1, 0.15) is 22.3 Å². The third-order valence-electron chi connectivity index (χ3n) is 6.12. The van der Waals surface area contributed by atoms with Gasteiger partial charge < -0.3 is 20.6 Å². The third kappa shape index (κ3) is 6.12. The lowest BCUT2D eigenvalue weighted by Crippen LogP contribution is -2.34. The predicted octanol–water partition coefficient (Wildman–Crippen LogP) is 5.25. The average molecular weight is 522 g/mol. The molecule has 3 N–H and O–H groups in total. The molecule has 0 radical (unpaired) electrons. The minimum atomic E-state index is -4.44. The number of aliphatic hydroxyl groups is 1. The highest BCUT2D eigenvalue weighted by Crippen LogP contribution is 2.32. The Morgan fingerprint density at radius 3 is 2.26 bits per heavy atom. The van der Waals surface area contributed by atoms with Crippen molar-refractivity contribution >= 4 is 34.4 Å². The van der Waals surface area contributed by atoms with Crippen molar-refractivity contribution in [3.05, 3.63) is 107 Å². The molecule has 1 aliphatic heterocycles. The van der Waals surface area contributed by atoms with E-state index in [4.69, 9.17) is 0 Å². The van der Waals surface area contributed by atoms with Crippen LogP contribution in [0.3, 0.4) is 0 Å². The van der Waals surface area contributed by atoms with Crippen molar-refractivity contribution in [2.45, 2.75) is 18.7 Å². The summed E-state index contributed by atoms with van der Waals surface area (Å²) >= 11 is 0. The number of nitrogens with zero attached hydrogens (tertiary/aromatic N) is 1. The second-order valence-electron chi connectivity index (χ2n) is 8.99. The molecule has 0 saturated carbocycles. The van der Waals surface area contributed by atoms with Crippen LogP contribution in [0.25, 0.3) is 5.57 Å². The first-order valence-electron chi connectivity index (χ1n) is 11.8. The lowest BCUT2D eigenvalue weighted by Gasteiger charge is -2.23. The van der Waals surface area contributed by atoms with Crippen molar-refractivity contribution in [1.82, 2.24) is 0 Å². The molecular weight excluding hydrogens is 495 g/mol. The number of aliphatic hydroxyl groups excluding tert-OH is 1. The molecule has 9 heteroatoms. The Hall–Kier alpha value is -4.37. The molecule has 1 unspecified atom stereocenters. The van der Waals surface area contributed by atoms with E-state index in [2.05, 4.69) is 10.6 Å². The Bertz CT molecular complexity index is 1390. The maximum atomic E-state index is 13.1. The van der Waals surface area contributed by atoms with Gasteiger partial charge in [-0.2, -0.15) is 13.2 Å². The zero-order chi connectivity index (χ0) is 27.4. The fraction of sp³-hybridized carbons (Fsp3) is 0.172. The molecule has 1 atom stereocenters. The number of hydrogen-bond donors (Lipinski definition) is 3. The first-order valence-corrected chi connectivity index (χ1v) is 11.8. The molecule has 0 saturated heterocycles. The van der Waals surface area contributed by atoms with Crippen molar-refractivity contribution < 1.29 is 27.9 Å². The molecule has 1 heterocycles. The molecule has 0 aromatic heterocycles. The van der Waals surface area contributed by atoms with Crippen molar-refractivity contribution in [2.24, 2.45) is 0 Å². The van der Waals surface area contributed by atoms with Gasteiger partial charge >= 0.3 is 6.18 Å². The molecule has 0 spiro atoms. The molecule has 3 aromatic carbocycles. The van der Waals surface area contributed by atoms with Gasteiger partial charge in [-0.25, -0.2) is 0 Å². The van der Waals surface area contributed by atoms with Crippen LogP contribution in [0.4, 0.5) is 30.2 Å². The molecule has 0 bridgehead atoms. The van der Waals surface area contributed by atoms with Gasteiger partial charge in [0.25, 0.3) is 5.91 Å². The topological polar surface area (TPSA) is 81.7 Å². The molecule has 38 heavy (non-hydrogen) atoms. The summed E-state index contributed by atoms with van der Waals surface area (Å²) in [5, 5.41) is 15.3. The second-order valence-corrected chi connectivity index (χ2v) is 8.99. The fourth-order valence-corrected chi connectivity index (χ4v) is 4.09. The van der Waals surface area contributed by atoms with E-state index in [-0.39, 0.29) is 6.42 Å². The van der Waals surface area contributed by atoms with Crippen LogP contribution in [0.2, 0.25) is 0 Å². The zero-order valence-corrected chi connectivity index (χ0v) is 20.7. The Morgan fingerprint density at radius 1 is 1.03 bits per heavy atom. The molecule has 6 nitrogen and oxygen atoms in total. The van der Waals surface area contributed by atoms with Gasteiger partial charge in [-0.15, -0.1) is 0 Å². The normalized spacial score (nSPS) is 15.7. The number of carbonyl (C=O) groups excluding carboxylic acids is 2. The minimum absolute atomic E-state index is 0.0717. The standard InChI is InChI=1S/C29H26F3N3O3/c1-35(2)21-15-11-19(12-16-21)22(18-9-13-20(14-10-18)29(30,31)32)5-3-8-27(37)33-24-6-4-7-25-23(24)17-26(36)28(38)34-25/h3-16,26,36H,17H2,1-2H3,(H,33,37)(H,34,38)/b8-3+,22-5-. The Labute approximate surface area is 218 Å². The maximum absolute atomic E-state index is 13.1. The van der Waals surface area contributed by atoms with Gasteiger partial charge in [0.15, 0.2) is 0 Å². The number of hydrogen-bond acceptors (Lipinski definition) is 4. The monoisotopic (exact) mass is 521 g/mol. The maximum Gasteiger partial charge on any atom is 0.416 e. The first-order chi connectivity index (χ1) is 18.0. The Balaban J connectivity index is 1.60. The quantitative estimate of drug-likeness (QED) is 0.306. The summed E-state index contributed by atoms with van der Waals surface area (Å²) in [5.41, 5.74) is 3.77. The smallest absolute Gasteiger partial charge is 0.383 e. The predicted molar refractivity (Wildman–Crippen MR) is 142 cm³/mol. The van der Waals surface area contributed by atoms with Crippen molar-refractivity contribution in [3.63, 3.8) is 0 Å². The number of alkyl halides is 3. The Morgan fingerprint density at radius 2 is 1.66 bits per heavy atom. The molecule has 4 rings (SSSR count). The summed E-state index contributed by atoms with van der Waals surface area (Å²) in [5.74, 6) is -0.948. The molecule has 0 aliphatic carbocycles. The van der Waals surface area contributed by atoms with Gasteiger partial charge in [0.2, 0.25) is 5.91 Å². The van der Waals surface area contributed by atoms with Crippen LogP contribution < -0.4 is 15.5 Å². The molecule has 2 amide bonds. The Kier molecular flexibility index (Phi) is 7.68. The highest BCUT2D eigenvalue weighted by Gasteiger charge is 2.30. The van der Waals surface area contributed by atoms with Crippen LogP contribution in [-0.4, -0.2) is 37.1 Å². The van der Waals surface area contributed by atoms with Gasteiger partial charge in [-0.3, -0.25) is 9.59 Å². The fourth-order valence-electron chi connectivity index (χ4n) is 4.09. The van der Waals surface area contributed by atoms with E-state index >= 15 is 0 Å². The third-order valence-corrected chi connectivity index (χ3v) is 6.12. The van der Waals surface area contributed by atoms with Crippen LogP contribution in [0, 0.1) is 0 Å². The highest BCUT2D eigenvalue weighted by molar-refractivity contribution is 6.03. The number of carbonyl (C=O) groups is 2. The van der Waals surface area contributed by atoms with Gasteiger partial charge in [0.1, 0.15) is 6.10 Å². The van der Waals surface area contributed by atoms with Crippen LogP contribution in [0.5, 0.6) is 0 Å². The first kappa shape index (κ1) is 26.7. The van der Waals surface area contributed by atoms with E-state index < -0.39 is 29.7 Å². The van der Waals surface area contributed by atoms with Crippen molar-refractivity contribution in [1.29, 1.82) is 0 Å². The molecule has 196 valence electrons. The minimum Gasteiger partial charge on any atom is -0.383 e. The summed E-state index contributed by atoms with van der Waals surface area (Å²) in [4.78, 5) is 26.3. The molecular formula is C29H26F3N3O3. The van der Waals surface area contributed by atoms with E-state index in [1.165, 1.54) is 24.3 Å². The lowest BCUT2D eigenvalue weighted by molar-refractivity contribution is -0.137. The zero-order valence-electron chi connectivity index (χ0n) is 20.7. The molecule has 0 fully saturated rings. The van der Waals surface area contributed by atoms with E-state index in [0.29, 0.717) is 28.1 Å². The van der Waals surface area contributed by atoms with E-state index in [1.807, 2.05) is 43.3 Å². The number of halogens is 3. The largest absolute Gasteiger partial charge is 0.416 e. The SMILES string of the molecule is CN(C)c1ccc(/C(=C\C=C\C(=O)Nc2cccc3c2CC(O)C(=O)N3)c2ccc(C(F)(F)F)cc2)cc1. The van der Waals surface area contributed by atoms with E-state index in [0.717, 1.165) is 23.4 Å². The number of benzene rings is 3. The van der Waals surface area contributed by atoms with E-state index in [9.17, 15) is 27.9 Å². The van der Waals surface area contributed by atoms with Crippen molar-refractivity contribution in [2.75, 3.05) is 29.6 Å². The van der Waals surface area contributed by atoms with Crippen molar-refractivity contribution in [3.8, 4) is 0 Å². The second kappa shape index (κ2) is 10.9. The van der Waals surface area contributed by atoms with Crippen LogP contribution in [0.15, 0.2) is 85.0 Å². The number of rotatable bonds is 6. The lowest BCUT2D eigenvalue weighted by atomic mass is 9.96. The number of nitrogens with one attached hydrogen (secondary N) is 2. The number of anilines is 3. The molecule has 1 aliphatic rings. The summed E-state index contributed by atoms with van der Waals surface area (Å²) in [7, 11) is 3.81. The number of fused-ring (bicyclic) bond motifs is 1. The van der Waals surface area contributed by atoms with Crippen LogP contribution >= 0.6 is 0 Å². The summed E-state index contributed by atoms with van der Waals surface area (Å²) < 4.78 is 39.2. The summed E-state index contributed by atoms with van der Waals surface area (Å²) in [6, 6.07) is 17.4. The molecule has 3 aromatic rings. The van der Waals surface area contributed by atoms with Gasteiger partial charge in [-0.05, 0) is 53.1 Å². The van der Waals surface area contributed by atoms with Crippen LogP contribution in [-0.2, 0) is 22.2 Å². The van der Waals surface area contributed by atoms with Gasteiger partial charge in [0.05, 0.1) is 5.56 Å². The number of allylic oxidation sites excluding steroid dienone is 2. The van der Waals surface area contributed by atoms with Gasteiger partial charge in [-0.1, -0.05) is 42.5 Å².